The molecule has 0 aromatic rings. The molecular formula is C12H21BO2S2. The molecule has 2 aliphatic rings. The molecule has 2 nitrogen and oxygen atoms in total. The summed E-state index contributed by atoms with van der Waals surface area (Å²) in [6.07, 6.45) is 4.71. The standard InChI is InChI=1S/C12H21BO2S2/c1-8(2)6-9-10(7-11(13)14-9)15-12-4-3-5-16-17-12/h8-12H,3-7H2,1-2H3. The van der Waals surface area contributed by atoms with Crippen LogP contribution in [-0.4, -0.2) is 37.2 Å². The van der Waals surface area contributed by atoms with Gasteiger partial charge in [0.05, 0.1) is 12.2 Å². The summed E-state index contributed by atoms with van der Waals surface area (Å²) >= 11 is 0. The van der Waals surface area contributed by atoms with Crippen molar-refractivity contribution in [1.82, 2.24) is 0 Å². The molecule has 0 N–H and O–H groups in total. The van der Waals surface area contributed by atoms with Gasteiger partial charge in [-0.05, 0) is 31.6 Å². The molecule has 0 aliphatic carbocycles. The lowest BCUT2D eigenvalue weighted by Crippen LogP contribution is -2.29. The van der Waals surface area contributed by atoms with Crippen molar-refractivity contribution < 1.29 is 9.47 Å². The highest BCUT2D eigenvalue weighted by Gasteiger charge is 2.35. The Hall–Kier alpha value is 0.685. The highest BCUT2D eigenvalue weighted by molar-refractivity contribution is 8.77. The molecule has 2 saturated heterocycles. The molecule has 17 heavy (non-hydrogen) atoms. The van der Waals surface area contributed by atoms with Crippen molar-refractivity contribution in [3.05, 3.63) is 0 Å². The van der Waals surface area contributed by atoms with Crippen LogP contribution in [0, 0.1) is 5.92 Å². The second-order valence-corrected chi connectivity index (χ2v) is 7.89. The van der Waals surface area contributed by atoms with Crippen molar-refractivity contribution in [2.24, 2.45) is 5.92 Å². The largest absolute Gasteiger partial charge is 0.382 e. The summed E-state index contributed by atoms with van der Waals surface area (Å²) in [5, 5.41) is 0. The molecule has 2 radical (unpaired) electrons. The zero-order chi connectivity index (χ0) is 12.3. The van der Waals surface area contributed by atoms with Gasteiger partial charge in [0, 0.05) is 11.8 Å². The SMILES string of the molecule is [B]C1CC(OC2CCCSS2)C(CC(C)C)O1. The summed E-state index contributed by atoms with van der Waals surface area (Å²) in [5.74, 6) is 1.88. The molecule has 5 heteroatoms. The van der Waals surface area contributed by atoms with Crippen LogP contribution in [0.1, 0.15) is 39.5 Å². The molecule has 0 aromatic carbocycles. The Kier molecular flexibility index (Phi) is 5.59. The Bertz CT molecular complexity index is 235. The molecule has 96 valence electrons. The van der Waals surface area contributed by atoms with Crippen molar-refractivity contribution in [3.8, 4) is 0 Å². The lowest BCUT2D eigenvalue weighted by atomic mass is 9.94. The van der Waals surface area contributed by atoms with Crippen molar-refractivity contribution in [2.45, 2.75) is 63.2 Å². The Morgan fingerprint density at radius 2 is 2.29 bits per heavy atom. The molecule has 2 aliphatic heterocycles. The third-order valence-corrected chi connectivity index (χ3v) is 5.81. The van der Waals surface area contributed by atoms with Gasteiger partial charge < -0.3 is 9.47 Å². The third kappa shape index (κ3) is 4.37. The molecule has 4 atom stereocenters. The van der Waals surface area contributed by atoms with E-state index in [0.717, 1.165) is 19.3 Å². The highest BCUT2D eigenvalue weighted by Crippen LogP contribution is 2.39. The van der Waals surface area contributed by atoms with Crippen LogP contribution in [0.4, 0.5) is 0 Å². The first-order valence-electron chi connectivity index (χ1n) is 6.50. The van der Waals surface area contributed by atoms with Gasteiger partial charge in [0.25, 0.3) is 0 Å². The van der Waals surface area contributed by atoms with E-state index in [1.165, 1.54) is 12.2 Å². The van der Waals surface area contributed by atoms with E-state index in [2.05, 4.69) is 13.8 Å². The van der Waals surface area contributed by atoms with Crippen LogP contribution >= 0.6 is 21.6 Å². The van der Waals surface area contributed by atoms with Gasteiger partial charge in [0.15, 0.2) is 0 Å². The van der Waals surface area contributed by atoms with Crippen molar-refractivity contribution in [2.75, 3.05) is 5.75 Å². The maximum Gasteiger partial charge on any atom is 0.113 e. The van der Waals surface area contributed by atoms with E-state index in [1.54, 1.807) is 0 Å². The minimum Gasteiger partial charge on any atom is -0.382 e. The fourth-order valence-electron chi connectivity index (χ4n) is 2.33. The van der Waals surface area contributed by atoms with Crippen molar-refractivity contribution >= 4 is 29.4 Å². The lowest BCUT2D eigenvalue weighted by molar-refractivity contribution is -0.0325. The summed E-state index contributed by atoms with van der Waals surface area (Å²) in [7, 11) is 9.67. The first-order valence-corrected chi connectivity index (χ1v) is 8.88. The van der Waals surface area contributed by atoms with Gasteiger partial charge >= 0.3 is 0 Å². The van der Waals surface area contributed by atoms with Crippen LogP contribution in [0.3, 0.4) is 0 Å². The van der Waals surface area contributed by atoms with Crippen molar-refractivity contribution in [3.63, 3.8) is 0 Å². The summed E-state index contributed by atoms with van der Waals surface area (Å²) in [5.41, 5.74) is 0.335. The van der Waals surface area contributed by atoms with E-state index < -0.39 is 0 Å². The van der Waals surface area contributed by atoms with Gasteiger partial charge in [-0.15, -0.1) is 0 Å². The van der Waals surface area contributed by atoms with E-state index in [4.69, 9.17) is 17.3 Å². The van der Waals surface area contributed by atoms with Crippen LogP contribution in [0.2, 0.25) is 0 Å². The minimum atomic E-state index is -0.134. The summed E-state index contributed by atoms with van der Waals surface area (Å²) in [4.78, 5) is 0. The van der Waals surface area contributed by atoms with Gasteiger partial charge in [0.1, 0.15) is 13.3 Å². The normalized spacial score (nSPS) is 38.8. The number of ether oxygens (including phenoxy) is 2. The zero-order valence-electron chi connectivity index (χ0n) is 10.6. The van der Waals surface area contributed by atoms with E-state index in [-0.39, 0.29) is 18.2 Å². The van der Waals surface area contributed by atoms with E-state index in [0.29, 0.717) is 11.4 Å². The average Bonchev–Trinajstić information content (AvgIpc) is 2.59. The van der Waals surface area contributed by atoms with Gasteiger partial charge in [-0.25, -0.2) is 0 Å². The predicted molar refractivity (Wildman–Crippen MR) is 76.4 cm³/mol. The lowest BCUT2D eigenvalue weighted by Gasteiger charge is -2.27. The topological polar surface area (TPSA) is 18.5 Å². The van der Waals surface area contributed by atoms with Crippen LogP contribution in [-0.2, 0) is 9.47 Å². The first-order chi connectivity index (χ1) is 8.15. The quantitative estimate of drug-likeness (QED) is 0.577. The monoisotopic (exact) mass is 272 g/mol. The predicted octanol–water partition coefficient (Wildman–Crippen LogP) is 3.20. The zero-order valence-corrected chi connectivity index (χ0v) is 12.3. The van der Waals surface area contributed by atoms with Gasteiger partial charge in [-0.1, -0.05) is 35.4 Å². The van der Waals surface area contributed by atoms with Gasteiger partial charge in [-0.3, -0.25) is 0 Å². The Labute approximate surface area is 114 Å². The van der Waals surface area contributed by atoms with E-state index in [9.17, 15) is 0 Å². The molecule has 2 heterocycles. The smallest absolute Gasteiger partial charge is 0.113 e. The first kappa shape index (κ1) is 14.1. The Morgan fingerprint density at radius 1 is 1.47 bits per heavy atom. The maximum atomic E-state index is 6.17. The van der Waals surface area contributed by atoms with E-state index >= 15 is 0 Å². The number of rotatable bonds is 4. The van der Waals surface area contributed by atoms with E-state index in [1.807, 2.05) is 21.6 Å². The summed E-state index contributed by atoms with van der Waals surface area (Å²) in [6.45, 7) is 4.44. The second kappa shape index (κ2) is 6.74. The second-order valence-electron chi connectivity index (χ2n) is 5.24. The van der Waals surface area contributed by atoms with Crippen LogP contribution in [0.15, 0.2) is 0 Å². The number of hydrogen-bond acceptors (Lipinski definition) is 4. The Morgan fingerprint density at radius 3 is 2.94 bits per heavy atom. The van der Waals surface area contributed by atoms with Crippen LogP contribution < -0.4 is 0 Å². The highest BCUT2D eigenvalue weighted by atomic mass is 33.1. The third-order valence-electron chi connectivity index (χ3n) is 3.10. The maximum absolute atomic E-state index is 6.17. The van der Waals surface area contributed by atoms with Gasteiger partial charge in [-0.2, -0.15) is 0 Å². The average molecular weight is 272 g/mol. The molecule has 0 spiro atoms. The Balaban J connectivity index is 1.84. The molecular weight excluding hydrogens is 251 g/mol. The summed E-state index contributed by atoms with van der Waals surface area (Å²) in [6, 6.07) is -0.134. The molecule has 2 fully saturated rings. The number of hydrogen-bond donors (Lipinski definition) is 0. The fourth-order valence-corrected chi connectivity index (χ4v) is 4.84. The van der Waals surface area contributed by atoms with Gasteiger partial charge in [0.2, 0.25) is 0 Å². The molecule has 0 aromatic heterocycles. The molecule has 0 amide bonds. The van der Waals surface area contributed by atoms with Crippen LogP contribution in [0.5, 0.6) is 0 Å². The molecule has 0 bridgehead atoms. The summed E-state index contributed by atoms with van der Waals surface area (Å²) < 4.78 is 11.9. The fraction of sp³-hybridized carbons (Fsp3) is 1.00. The van der Waals surface area contributed by atoms with Crippen molar-refractivity contribution in [1.29, 1.82) is 0 Å². The molecule has 4 unspecified atom stereocenters. The molecule has 2 rings (SSSR count). The van der Waals surface area contributed by atoms with Crippen LogP contribution in [0.25, 0.3) is 0 Å². The minimum absolute atomic E-state index is 0.134. The molecule has 0 saturated carbocycles.